The average molecular weight is 577 g/mol. The second-order valence-electron chi connectivity index (χ2n) is 13.5. The van der Waals surface area contributed by atoms with Crippen LogP contribution in [0, 0.1) is 41.4 Å². The monoisotopic (exact) mass is 576 g/mol. The van der Waals surface area contributed by atoms with E-state index in [2.05, 4.69) is 13.8 Å². The molecule has 2 saturated carbocycles. The van der Waals surface area contributed by atoms with Gasteiger partial charge in [-0.05, 0) is 60.6 Å². The molecule has 2 fully saturated rings. The molecule has 0 spiro atoms. The summed E-state index contributed by atoms with van der Waals surface area (Å²) in [6.07, 6.45) is 5.83. The number of Topliss-reactive ketones (excluding diaryl/α,β-unsaturated/α-hetero) is 4. The minimum atomic E-state index is -2.70. The van der Waals surface area contributed by atoms with Gasteiger partial charge in [-0.25, -0.2) is 0 Å². The van der Waals surface area contributed by atoms with Gasteiger partial charge in [0, 0.05) is 37.2 Å². The van der Waals surface area contributed by atoms with Crippen LogP contribution < -0.4 is 10.6 Å². The lowest BCUT2D eigenvalue weighted by molar-refractivity contribution is -0.182. The van der Waals surface area contributed by atoms with Crippen molar-refractivity contribution >= 4 is 40.3 Å². The van der Waals surface area contributed by atoms with E-state index in [1.807, 2.05) is 37.2 Å². The predicted octanol–water partition coefficient (Wildman–Crippen LogP) is 3.03. The van der Waals surface area contributed by atoms with E-state index in [1.165, 1.54) is 5.57 Å². The molecule has 0 bridgehead atoms. The van der Waals surface area contributed by atoms with E-state index in [-0.39, 0.29) is 24.2 Å². The molecule has 5 rings (SSSR count). The van der Waals surface area contributed by atoms with Gasteiger partial charge < -0.3 is 20.8 Å². The Bertz CT molecular complexity index is 1480. The number of ketones is 4. The lowest BCUT2D eigenvalue weighted by atomic mass is 9.49. The molecule has 0 aliphatic heterocycles. The Morgan fingerprint density at radius 2 is 1.76 bits per heavy atom. The van der Waals surface area contributed by atoms with Gasteiger partial charge in [-0.15, -0.1) is 0 Å². The molecule has 0 heterocycles. The van der Waals surface area contributed by atoms with E-state index in [1.54, 1.807) is 13.8 Å². The zero-order chi connectivity index (χ0) is 31.0. The summed E-state index contributed by atoms with van der Waals surface area (Å²) in [6.45, 7) is 7.74. The first kappa shape index (κ1) is 29.9. The van der Waals surface area contributed by atoms with Crippen LogP contribution in [0.2, 0.25) is 0 Å². The van der Waals surface area contributed by atoms with Crippen molar-refractivity contribution < 1.29 is 34.2 Å². The van der Waals surface area contributed by atoms with E-state index in [4.69, 9.17) is 5.73 Å². The standard InChI is InChI=1S/C33H40N2O7/c1-14(2)9-16-7-8-17(10-16)19-13-22(35(5)6)20-11-18-12-21-23(15(3)4)28(37)26(32(34)41)31(40)33(21,42)30(39)24(18)29(38)25(20)27(19)36/h7-8,13-15,18,21,23-24,26,36,42H,9-12H2,1-6H3,(H2,34,41)/t18-,21-,23-,24?,26?,33-/m0/s1. The van der Waals surface area contributed by atoms with E-state index in [0.29, 0.717) is 23.5 Å². The maximum absolute atomic E-state index is 14.2. The quantitative estimate of drug-likeness (QED) is 0.437. The van der Waals surface area contributed by atoms with Crippen molar-refractivity contribution in [1.82, 2.24) is 0 Å². The van der Waals surface area contributed by atoms with Crippen LogP contribution in [0.4, 0.5) is 5.69 Å². The topological polar surface area (TPSA) is 155 Å². The van der Waals surface area contributed by atoms with E-state index in [9.17, 15) is 34.2 Å². The van der Waals surface area contributed by atoms with Crippen molar-refractivity contribution in [3.8, 4) is 5.75 Å². The molecule has 9 nitrogen and oxygen atoms in total. The van der Waals surface area contributed by atoms with Gasteiger partial charge in [-0.2, -0.15) is 0 Å². The maximum atomic E-state index is 14.2. The number of allylic oxidation sites excluding steroid dienone is 4. The molecule has 2 unspecified atom stereocenters. The van der Waals surface area contributed by atoms with Gasteiger partial charge in [0.05, 0.1) is 11.5 Å². The van der Waals surface area contributed by atoms with Crippen molar-refractivity contribution in [1.29, 1.82) is 0 Å². The summed E-state index contributed by atoms with van der Waals surface area (Å²) in [7, 11) is 3.70. The maximum Gasteiger partial charge on any atom is 0.235 e. The Kier molecular flexibility index (Phi) is 7.33. The van der Waals surface area contributed by atoms with Crippen LogP contribution in [-0.2, 0) is 25.6 Å². The smallest absolute Gasteiger partial charge is 0.235 e. The molecule has 1 amide bonds. The highest BCUT2D eigenvalue weighted by Gasteiger charge is 2.69. The number of nitrogens with zero attached hydrogens (tertiary/aromatic N) is 1. The van der Waals surface area contributed by atoms with Gasteiger partial charge >= 0.3 is 0 Å². The van der Waals surface area contributed by atoms with Gasteiger partial charge in [-0.1, -0.05) is 45.4 Å². The number of aliphatic hydroxyl groups is 1. The summed E-state index contributed by atoms with van der Waals surface area (Å²) >= 11 is 0. The average Bonchev–Trinajstić information content (AvgIpc) is 3.33. The molecular formula is C33H40N2O7. The van der Waals surface area contributed by atoms with E-state index in [0.717, 1.165) is 17.7 Å². The number of hydrogen-bond donors (Lipinski definition) is 3. The van der Waals surface area contributed by atoms with Crippen LogP contribution in [0.1, 0.15) is 68.4 Å². The van der Waals surface area contributed by atoms with Gasteiger partial charge in [-0.3, -0.25) is 24.0 Å². The minimum absolute atomic E-state index is 0.0252. The zero-order valence-corrected chi connectivity index (χ0v) is 25.1. The van der Waals surface area contributed by atoms with Crippen molar-refractivity contribution in [3.05, 3.63) is 40.5 Å². The molecule has 4 N–H and O–H groups in total. The number of primary amides is 1. The molecule has 0 saturated heterocycles. The second-order valence-corrected chi connectivity index (χ2v) is 13.5. The molecule has 1 aromatic rings. The third-order valence-corrected chi connectivity index (χ3v) is 9.73. The molecule has 224 valence electrons. The lowest BCUT2D eigenvalue weighted by Crippen LogP contribution is -2.71. The number of carbonyl (C=O) groups is 5. The molecule has 1 aromatic carbocycles. The van der Waals surface area contributed by atoms with Gasteiger partial charge in [0.25, 0.3) is 0 Å². The summed E-state index contributed by atoms with van der Waals surface area (Å²) < 4.78 is 0. The number of carbonyl (C=O) groups excluding carboxylic acids is 5. The molecule has 42 heavy (non-hydrogen) atoms. The number of phenols is 1. The summed E-state index contributed by atoms with van der Waals surface area (Å²) in [5.74, 6) is -10.9. The number of anilines is 1. The number of fused-ring (bicyclic) bond motifs is 3. The number of nitrogens with two attached hydrogens (primary N) is 1. The molecule has 4 aliphatic carbocycles. The van der Waals surface area contributed by atoms with Crippen molar-refractivity contribution in [3.63, 3.8) is 0 Å². The van der Waals surface area contributed by atoms with Crippen molar-refractivity contribution in [2.45, 2.75) is 59.0 Å². The first-order valence-corrected chi connectivity index (χ1v) is 14.7. The first-order chi connectivity index (χ1) is 19.6. The van der Waals surface area contributed by atoms with Crippen LogP contribution in [0.3, 0.4) is 0 Å². The fraction of sp³-hybridized carbons (Fsp3) is 0.545. The molecule has 9 heteroatoms. The highest BCUT2D eigenvalue weighted by Crippen LogP contribution is 2.54. The van der Waals surface area contributed by atoms with Gasteiger partial charge in [0.1, 0.15) is 5.75 Å². The third kappa shape index (κ3) is 4.27. The fourth-order valence-corrected chi connectivity index (χ4v) is 7.98. The van der Waals surface area contributed by atoms with Crippen LogP contribution in [0.5, 0.6) is 5.75 Å². The lowest BCUT2D eigenvalue weighted by Gasteiger charge is -2.52. The molecule has 0 radical (unpaired) electrons. The Morgan fingerprint density at radius 3 is 2.33 bits per heavy atom. The predicted molar refractivity (Wildman–Crippen MR) is 157 cm³/mol. The number of hydrogen-bond acceptors (Lipinski definition) is 8. The Balaban J connectivity index is 1.62. The second kappa shape index (κ2) is 10.3. The highest BCUT2D eigenvalue weighted by molar-refractivity contribution is 6.32. The molecule has 0 aromatic heterocycles. The van der Waals surface area contributed by atoms with Gasteiger partial charge in [0.15, 0.2) is 34.7 Å². The molecule has 6 atom stereocenters. The zero-order valence-electron chi connectivity index (χ0n) is 25.1. The SMILES string of the molecule is CC(C)CC1=CC=C(c2cc(N(C)C)c3c(c2O)C(=O)C2C(=O)[C@]4(O)C(=O)C(C(N)=O)C(=O)[C@@H](C(C)C)[C@@H]4C[C@@H]2C3)C1. The Hall–Kier alpha value is -3.59. The molecular weight excluding hydrogens is 536 g/mol. The first-order valence-electron chi connectivity index (χ1n) is 14.7. The number of aromatic hydroxyl groups is 1. The van der Waals surface area contributed by atoms with Crippen LogP contribution in [0.15, 0.2) is 23.8 Å². The summed E-state index contributed by atoms with van der Waals surface area (Å²) in [4.78, 5) is 69.3. The number of phenolic OH excluding ortho intramolecular Hbond substituents is 1. The van der Waals surface area contributed by atoms with E-state index < -0.39 is 70.1 Å². The van der Waals surface area contributed by atoms with Crippen LogP contribution in [-0.4, -0.2) is 58.9 Å². The number of rotatable bonds is 6. The largest absolute Gasteiger partial charge is 0.507 e. The number of benzene rings is 1. The highest BCUT2D eigenvalue weighted by atomic mass is 16.3. The Morgan fingerprint density at radius 1 is 1.10 bits per heavy atom. The van der Waals surface area contributed by atoms with Crippen LogP contribution >= 0.6 is 0 Å². The van der Waals surface area contributed by atoms with Crippen LogP contribution in [0.25, 0.3) is 5.57 Å². The van der Waals surface area contributed by atoms with Crippen molar-refractivity contribution in [2.75, 3.05) is 19.0 Å². The Labute approximate surface area is 245 Å². The summed E-state index contributed by atoms with van der Waals surface area (Å²) in [5, 5.41) is 23.4. The van der Waals surface area contributed by atoms with E-state index >= 15 is 0 Å². The summed E-state index contributed by atoms with van der Waals surface area (Å²) in [5.41, 5.74) is 6.68. The number of amides is 1. The minimum Gasteiger partial charge on any atom is -0.507 e. The van der Waals surface area contributed by atoms with Crippen molar-refractivity contribution in [2.24, 2.45) is 47.2 Å². The fourth-order valence-electron chi connectivity index (χ4n) is 7.98. The molecule has 4 aliphatic rings. The summed E-state index contributed by atoms with van der Waals surface area (Å²) in [6, 6.07) is 1.88. The third-order valence-electron chi connectivity index (χ3n) is 9.73. The van der Waals surface area contributed by atoms with Gasteiger partial charge in [0.2, 0.25) is 5.91 Å². The normalized spacial score (nSPS) is 30.6.